The number of anilines is 2. The number of carbonyl (C=O) groups excluding carboxylic acids is 1. The molecule has 2 aromatic rings. The molecule has 0 atom stereocenters. The molecule has 0 aromatic carbocycles. The van der Waals surface area contributed by atoms with Crippen molar-refractivity contribution in [3.05, 3.63) is 46.8 Å². The highest BCUT2D eigenvalue weighted by atomic mass is 79.9. The third-order valence-electron chi connectivity index (χ3n) is 2.77. The Hall–Kier alpha value is -1.95. The molecule has 0 spiro atoms. The molecule has 1 N–H and O–H groups in total. The third kappa shape index (κ3) is 3.14. The van der Waals surface area contributed by atoms with E-state index >= 15 is 0 Å². The van der Waals surface area contributed by atoms with Crippen molar-refractivity contribution in [1.82, 2.24) is 9.97 Å². The quantitative estimate of drug-likeness (QED) is 0.933. The van der Waals surface area contributed by atoms with E-state index in [1.54, 1.807) is 42.7 Å². The van der Waals surface area contributed by atoms with Gasteiger partial charge in [-0.25, -0.2) is 4.98 Å². The largest absolute Gasteiger partial charge is 0.370 e. The number of pyridine rings is 2. The number of nitrogens with one attached hydrogen (secondary N) is 1. The molecule has 0 aliphatic heterocycles. The number of aromatic nitrogens is 2. The Kier molecular flexibility index (Phi) is 4.68. The highest BCUT2D eigenvalue weighted by molar-refractivity contribution is 9.10. The average molecular weight is 335 g/mol. The monoisotopic (exact) mass is 334 g/mol. The summed E-state index contributed by atoms with van der Waals surface area (Å²) in [5.41, 5.74) is 1.26. The molecule has 104 valence electrons. The Morgan fingerprint density at radius 2 is 2.25 bits per heavy atom. The van der Waals surface area contributed by atoms with Gasteiger partial charge in [0.1, 0.15) is 5.82 Å². The summed E-state index contributed by atoms with van der Waals surface area (Å²) in [6, 6.07) is 5.40. The number of rotatable bonds is 4. The molecule has 0 aliphatic rings. The van der Waals surface area contributed by atoms with Crippen LogP contribution in [0.2, 0.25) is 0 Å². The van der Waals surface area contributed by atoms with E-state index in [1.165, 1.54) is 0 Å². The Morgan fingerprint density at radius 3 is 2.90 bits per heavy atom. The third-order valence-corrected chi connectivity index (χ3v) is 3.20. The van der Waals surface area contributed by atoms with Gasteiger partial charge in [0.25, 0.3) is 5.91 Å². The van der Waals surface area contributed by atoms with Crippen molar-refractivity contribution in [2.75, 3.05) is 23.8 Å². The lowest BCUT2D eigenvalue weighted by Crippen LogP contribution is -2.27. The van der Waals surface area contributed by atoms with Crippen LogP contribution in [0.25, 0.3) is 0 Å². The second kappa shape index (κ2) is 6.47. The summed E-state index contributed by atoms with van der Waals surface area (Å²) in [4.78, 5) is 22.4. The number of amides is 1. The van der Waals surface area contributed by atoms with Crippen molar-refractivity contribution in [3.8, 4) is 0 Å². The van der Waals surface area contributed by atoms with Crippen LogP contribution in [0, 0.1) is 0 Å². The first-order valence-electron chi connectivity index (χ1n) is 6.21. The highest BCUT2D eigenvalue weighted by Gasteiger charge is 2.18. The van der Waals surface area contributed by atoms with E-state index in [4.69, 9.17) is 0 Å². The van der Waals surface area contributed by atoms with Crippen molar-refractivity contribution < 1.29 is 4.79 Å². The van der Waals surface area contributed by atoms with Gasteiger partial charge >= 0.3 is 0 Å². The van der Waals surface area contributed by atoms with Gasteiger partial charge in [0.05, 0.1) is 17.4 Å². The van der Waals surface area contributed by atoms with Crippen LogP contribution < -0.4 is 10.2 Å². The van der Waals surface area contributed by atoms with Gasteiger partial charge < -0.3 is 10.2 Å². The van der Waals surface area contributed by atoms with Crippen molar-refractivity contribution in [2.45, 2.75) is 6.92 Å². The molecule has 0 bridgehead atoms. The first kappa shape index (κ1) is 14.5. The van der Waals surface area contributed by atoms with Crippen LogP contribution in [-0.4, -0.2) is 29.5 Å². The maximum absolute atomic E-state index is 12.6. The van der Waals surface area contributed by atoms with Gasteiger partial charge in [-0.15, -0.1) is 0 Å². The van der Waals surface area contributed by atoms with Crippen LogP contribution in [-0.2, 0) is 0 Å². The maximum Gasteiger partial charge on any atom is 0.261 e. The molecule has 0 unspecified atom stereocenters. The SMILES string of the molecule is CCNc1ncc(Br)cc1C(=O)N(C)c1cccnc1. The van der Waals surface area contributed by atoms with Crippen molar-refractivity contribution in [2.24, 2.45) is 0 Å². The molecule has 0 saturated carbocycles. The molecule has 5 nitrogen and oxygen atoms in total. The zero-order valence-corrected chi connectivity index (χ0v) is 12.9. The topological polar surface area (TPSA) is 58.1 Å². The zero-order valence-electron chi connectivity index (χ0n) is 11.3. The minimum absolute atomic E-state index is 0.136. The van der Waals surface area contributed by atoms with Crippen molar-refractivity contribution in [3.63, 3.8) is 0 Å². The van der Waals surface area contributed by atoms with Crippen LogP contribution >= 0.6 is 15.9 Å². The molecule has 0 aliphatic carbocycles. The predicted octanol–water partition coefficient (Wildman–Crippen LogP) is 2.95. The number of nitrogens with zero attached hydrogens (tertiary/aromatic N) is 3. The summed E-state index contributed by atoms with van der Waals surface area (Å²) in [6.07, 6.45) is 4.99. The Bertz CT molecular complexity index is 603. The van der Waals surface area contributed by atoms with E-state index in [2.05, 4.69) is 31.2 Å². The van der Waals surface area contributed by atoms with Crippen LogP contribution in [0.15, 0.2) is 41.3 Å². The fourth-order valence-corrected chi connectivity index (χ4v) is 2.09. The minimum atomic E-state index is -0.136. The number of hydrogen-bond donors (Lipinski definition) is 1. The zero-order chi connectivity index (χ0) is 14.5. The van der Waals surface area contributed by atoms with E-state index in [9.17, 15) is 4.79 Å². The lowest BCUT2D eigenvalue weighted by molar-refractivity contribution is 0.0993. The normalized spacial score (nSPS) is 10.2. The number of carbonyl (C=O) groups is 1. The second-order valence-electron chi connectivity index (χ2n) is 4.16. The molecule has 0 radical (unpaired) electrons. The summed E-state index contributed by atoms with van der Waals surface area (Å²) in [5.74, 6) is 0.444. The van der Waals surface area contributed by atoms with Gasteiger partial charge in [0.2, 0.25) is 0 Å². The predicted molar refractivity (Wildman–Crippen MR) is 83.1 cm³/mol. The van der Waals surface area contributed by atoms with Crippen LogP contribution in [0.5, 0.6) is 0 Å². The lowest BCUT2D eigenvalue weighted by atomic mass is 10.2. The van der Waals surface area contributed by atoms with Crippen molar-refractivity contribution in [1.29, 1.82) is 0 Å². The molecule has 2 rings (SSSR count). The molecule has 2 heterocycles. The van der Waals surface area contributed by atoms with Gasteiger partial charge in [0, 0.05) is 30.5 Å². The highest BCUT2D eigenvalue weighted by Crippen LogP contribution is 2.21. The molecular formula is C14H15BrN4O. The Balaban J connectivity index is 2.35. The van der Waals surface area contributed by atoms with Crippen LogP contribution in [0.4, 0.5) is 11.5 Å². The smallest absolute Gasteiger partial charge is 0.261 e. The van der Waals surface area contributed by atoms with Crippen LogP contribution in [0.1, 0.15) is 17.3 Å². The second-order valence-corrected chi connectivity index (χ2v) is 5.07. The molecule has 0 saturated heterocycles. The van der Waals surface area contributed by atoms with Gasteiger partial charge in [-0.3, -0.25) is 9.78 Å². The first-order valence-corrected chi connectivity index (χ1v) is 7.00. The summed E-state index contributed by atoms with van der Waals surface area (Å²) < 4.78 is 0.766. The van der Waals surface area contributed by atoms with Gasteiger partial charge in [-0.1, -0.05) is 0 Å². The van der Waals surface area contributed by atoms with E-state index in [0.29, 0.717) is 17.9 Å². The average Bonchev–Trinajstić information content (AvgIpc) is 2.48. The van der Waals surface area contributed by atoms with Crippen LogP contribution in [0.3, 0.4) is 0 Å². The number of hydrogen-bond acceptors (Lipinski definition) is 4. The molecule has 20 heavy (non-hydrogen) atoms. The fraction of sp³-hybridized carbons (Fsp3) is 0.214. The van der Waals surface area contributed by atoms with E-state index in [-0.39, 0.29) is 5.91 Å². The molecule has 0 fully saturated rings. The Morgan fingerprint density at radius 1 is 1.45 bits per heavy atom. The van der Waals surface area contributed by atoms with Crippen molar-refractivity contribution >= 4 is 33.3 Å². The van der Waals surface area contributed by atoms with Gasteiger partial charge in [-0.05, 0) is 41.1 Å². The van der Waals surface area contributed by atoms with Gasteiger partial charge in [-0.2, -0.15) is 0 Å². The summed E-state index contributed by atoms with van der Waals surface area (Å²) in [7, 11) is 1.72. The maximum atomic E-state index is 12.6. The molecule has 2 aromatic heterocycles. The first-order chi connectivity index (χ1) is 9.63. The Labute approximate surface area is 126 Å². The standard InChI is InChI=1S/C14H15BrN4O/c1-3-17-13-12(7-10(15)8-18-13)14(20)19(2)11-5-4-6-16-9-11/h4-9H,3H2,1-2H3,(H,17,18). The molecule has 1 amide bonds. The van der Waals surface area contributed by atoms with E-state index < -0.39 is 0 Å². The summed E-state index contributed by atoms with van der Waals surface area (Å²) >= 11 is 3.35. The molecular weight excluding hydrogens is 320 g/mol. The summed E-state index contributed by atoms with van der Waals surface area (Å²) in [6.45, 7) is 2.66. The summed E-state index contributed by atoms with van der Waals surface area (Å²) in [5, 5.41) is 3.10. The minimum Gasteiger partial charge on any atom is -0.370 e. The lowest BCUT2D eigenvalue weighted by Gasteiger charge is -2.18. The van der Waals surface area contributed by atoms with E-state index in [1.807, 2.05) is 13.0 Å². The molecule has 6 heteroatoms. The van der Waals surface area contributed by atoms with Gasteiger partial charge in [0.15, 0.2) is 0 Å². The van der Waals surface area contributed by atoms with E-state index in [0.717, 1.165) is 10.2 Å². The number of halogens is 1. The fourth-order valence-electron chi connectivity index (χ4n) is 1.76.